The van der Waals surface area contributed by atoms with Gasteiger partial charge in [-0.05, 0) is 38.7 Å². The van der Waals surface area contributed by atoms with E-state index in [-0.39, 0.29) is 17.0 Å². The van der Waals surface area contributed by atoms with Crippen LogP contribution in [0.5, 0.6) is 0 Å². The number of fused-ring (bicyclic) bond motifs is 3. The number of rotatable bonds is 2. The molecule has 0 aliphatic carbocycles. The third-order valence-electron chi connectivity index (χ3n) is 6.63. The Bertz CT molecular complexity index is 2000. The highest BCUT2D eigenvalue weighted by Gasteiger charge is 2.33. The number of nitrogens with zero attached hydrogens (tertiary/aromatic N) is 3. The lowest BCUT2D eigenvalue weighted by atomic mass is 9.82. The van der Waals surface area contributed by atoms with Gasteiger partial charge < -0.3 is 5.73 Å². The summed E-state index contributed by atoms with van der Waals surface area (Å²) in [4.78, 5) is 13.5. The van der Waals surface area contributed by atoms with E-state index < -0.39 is 5.92 Å². The summed E-state index contributed by atoms with van der Waals surface area (Å²) >= 11 is 1.23. The number of nitrogens with two attached hydrogens (primary N) is 1. The second kappa shape index (κ2) is 8.39. The van der Waals surface area contributed by atoms with Crippen LogP contribution in [0.3, 0.4) is 0 Å². The van der Waals surface area contributed by atoms with E-state index in [2.05, 4.69) is 12.1 Å². The predicted molar refractivity (Wildman–Crippen MR) is 144 cm³/mol. The largest absolute Gasteiger partial charge is 0.384 e. The first-order valence-corrected chi connectivity index (χ1v) is 12.2. The maximum atomic E-state index is 13.5. The van der Waals surface area contributed by atoms with Gasteiger partial charge in [-0.2, -0.15) is 10.5 Å². The van der Waals surface area contributed by atoms with Crippen molar-refractivity contribution in [2.75, 3.05) is 0 Å². The Kier molecular flexibility index (Phi) is 5.04. The fourth-order valence-electron chi connectivity index (χ4n) is 4.98. The number of nitriles is 2. The van der Waals surface area contributed by atoms with Crippen LogP contribution in [0.4, 0.5) is 0 Å². The van der Waals surface area contributed by atoms with Crippen molar-refractivity contribution in [3.05, 3.63) is 121 Å². The van der Waals surface area contributed by atoms with Gasteiger partial charge in [-0.1, -0.05) is 84.9 Å². The SMILES string of the molecule is N#CC1=C(N)n2c(s/c(=C/c3cccc4ccccc34)c2=O)=C(C#N)[C@H]1c1cccc2ccccc12. The zero-order chi connectivity index (χ0) is 24.8. The van der Waals surface area contributed by atoms with Gasteiger partial charge in [0.15, 0.2) is 0 Å². The minimum Gasteiger partial charge on any atom is -0.384 e. The molecule has 36 heavy (non-hydrogen) atoms. The van der Waals surface area contributed by atoms with Gasteiger partial charge in [0.25, 0.3) is 5.56 Å². The summed E-state index contributed by atoms with van der Waals surface area (Å²) in [6.07, 6.45) is 1.84. The van der Waals surface area contributed by atoms with E-state index in [1.165, 1.54) is 15.9 Å². The van der Waals surface area contributed by atoms with Crippen LogP contribution in [0.15, 0.2) is 95.3 Å². The van der Waals surface area contributed by atoms with Gasteiger partial charge in [0.1, 0.15) is 10.5 Å². The van der Waals surface area contributed by atoms with Crippen LogP contribution < -0.4 is 20.5 Å². The average Bonchev–Trinajstić information content (AvgIpc) is 3.24. The van der Waals surface area contributed by atoms with Gasteiger partial charge in [-0.3, -0.25) is 9.36 Å². The number of hydrogen-bond donors (Lipinski definition) is 1. The van der Waals surface area contributed by atoms with Gasteiger partial charge in [-0.15, -0.1) is 11.3 Å². The Labute approximate surface area is 210 Å². The Morgan fingerprint density at radius 1 is 0.806 bits per heavy atom. The molecule has 4 aromatic carbocycles. The lowest BCUT2D eigenvalue weighted by Gasteiger charge is -2.23. The fourth-order valence-corrected chi connectivity index (χ4v) is 6.10. The number of thiazole rings is 1. The highest BCUT2D eigenvalue weighted by atomic mass is 32.1. The van der Waals surface area contributed by atoms with Crippen molar-refractivity contribution in [1.82, 2.24) is 4.57 Å². The first-order valence-electron chi connectivity index (χ1n) is 11.4. The van der Waals surface area contributed by atoms with Crippen LogP contribution in [0.25, 0.3) is 39.0 Å². The Morgan fingerprint density at radius 3 is 2.14 bits per heavy atom. The third-order valence-corrected chi connectivity index (χ3v) is 7.74. The van der Waals surface area contributed by atoms with Crippen LogP contribution in [0, 0.1) is 22.7 Å². The second-order valence-corrected chi connectivity index (χ2v) is 9.59. The van der Waals surface area contributed by atoms with E-state index in [0.29, 0.717) is 14.8 Å². The molecule has 0 fully saturated rings. The number of hydrogen-bond acceptors (Lipinski definition) is 5. The van der Waals surface area contributed by atoms with E-state index in [9.17, 15) is 15.3 Å². The van der Waals surface area contributed by atoms with E-state index in [1.807, 2.05) is 91.0 Å². The van der Waals surface area contributed by atoms with Crippen molar-refractivity contribution in [3.63, 3.8) is 0 Å². The normalized spacial score (nSPS) is 15.7. The molecule has 2 N–H and O–H groups in total. The summed E-state index contributed by atoms with van der Waals surface area (Å²) in [6, 6.07) is 32.1. The summed E-state index contributed by atoms with van der Waals surface area (Å²) in [5.41, 5.74) is 8.40. The molecule has 2 heterocycles. The zero-order valence-corrected chi connectivity index (χ0v) is 19.8. The minimum atomic E-state index is -0.658. The summed E-state index contributed by atoms with van der Waals surface area (Å²) in [6.45, 7) is 0. The molecule has 0 bridgehead atoms. The highest BCUT2D eigenvalue weighted by Crippen LogP contribution is 2.38. The molecule has 0 radical (unpaired) electrons. The number of allylic oxidation sites excluding steroid dienone is 1. The zero-order valence-electron chi connectivity index (χ0n) is 19.0. The summed E-state index contributed by atoms with van der Waals surface area (Å²) < 4.78 is 2.23. The fraction of sp³-hybridized carbons (Fsp3) is 0.0333. The third kappa shape index (κ3) is 3.17. The Hall–Kier alpha value is -4.91. The van der Waals surface area contributed by atoms with E-state index in [4.69, 9.17) is 5.73 Å². The molecule has 0 amide bonds. The molecular formula is C30H18N4OS. The van der Waals surface area contributed by atoms with Gasteiger partial charge >= 0.3 is 0 Å². The van der Waals surface area contributed by atoms with Crippen molar-refractivity contribution >= 4 is 50.4 Å². The monoisotopic (exact) mass is 482 g/mol. The minimum absolute atomic E-state index is 0.0725. The summed E-state index contributed by atoms with van der Waals surface area (Å²) in [5, 5.41) is 24.5. The van der Waals surface area contributed by atoms with Crippen LogP contribution in [-0.2, 0) is 0 Å². The predicted octanol–water partition coefficient (Wildman–Crippen LogP) is 4.17. The quantitative estimate of drug-likeness (QED) is 0.409. The van der Waals surface area contributed by atoms with E-state index in [0.717, 1.165) is 32.7 Å². The van der Waals surface area contributed by atoms with Crippen LogP contribution in [0.2, 0.25) is 0 Å². The molecule has 6 heteroatoms. The molecule has 1 atom stereocenters. The lowest BCUT2D eigenvalue weighted by Crippen LogP contribution is -2.38. The van der Waals surface area contributed by atoms with Crippen molar-refractivity contribution in [2.24, 2.45) is 5.73 Å². The smallest absolute Gasteiger partial charge is 0.274 e. The molecule has 5 aromatic rings. The molecule has 0 unspecified atom stereocenters. The molecule has 0 spiro atoms. The topological polar surface area (TPSA) is 95.6 Å². The van der Waals surface area contributed by atoms with Crippen LogP contribution >= 0.6 is 11.3 Å². The molecule has 1 aliphatic rings. The number of benzene rings is 4. The Morgan fingerprint density at radius 2 is 1.42 bits per heavy atom. The standard InChI is InChI=1S/C30H18N4OS/c31-16-24-27(23-14-6-10-19-8-2-4-13-22(19)23)25(17-32)30-34(28(24)33)29(35)26(36-30)15-20-11-5-9-18-7-1-3-12-21(18)20/h1-15,27H,33H2/b26-15+/t27-/m0/s1. The molecule has 1 aliphatic heterocycles. The first kappa shape index (κ1) is 21.6. The van der Waals surface area contributed by atoms with Gasteiger partial charge in [-0.25, -0.2) is 0 Å². The highest BCUT2D eigenvalue weighted by molar-refractivity contribution is 7.07. The average molecular weight is 483 g/mol. The maximum Gasteiger partial charge on any atom is 0.274 e. The summed E-state index contributed by atoms with van der Waals surface area (Å²) in [5.74, 6) is -0.585. The molecule has 1 aromatic heterocycles. The van der Waals surface area contributed by atoms with Crippen molar-refractivity contribution < 1.29 is 0 Å². The van der Waals surface area contributed by atoms with Crippen molar-refractivity contribution in [1.29, 1.82) is 10.5 Å². The van der Waals surface area contributed by atoms with Crippen LogP contribution in [-0.4, -0.2) is 4.57 Å². The molecule has 6 rings (SSSR count). The second-order valence-electron chi connectivity index (χ2n) is 8.56. The van der Waals surface area contributed by atoms with Gasteiger partial charge in [0.05, 0.1) is 33.7 Å². The number of aromatic nitrogens is 1. The van der Waals surface area contributed by atoms with Crippen molar-refractivity contribution in [2.45, 2.75) is 5.92 Å². The maximum absolute atomic E-state index is 13.5. The summed E-state index contributed by atoms with van der Waals surface area (Å²) in [7, 11) is 0. The molecule has 170 valence electrons. The molecule has 0 saturated heterocycles. The van der Waals surface area contributed by atoms with Gasteiger partial charge in [0, 0.05) is 0 Å². The molecular weight excluding hydrogens is 464 g/mol. The molecule has 0 saturated carbocycles. The molecule has 5 nitrogen and oxygen atoms in total. The van der Waals surface area contributed by atoms with Gasteiger partial charge in [0.2, 0.25) is 0 Å². The first-order chi connectivity index (χ1) is 17.6. The lowest BCUT2D eigenvalue weighted by molar-refractivity contribution is 0.910. The van der Waals surface area contributed by atoms with Crippen LogP contribution in [0.1, 0.15) is 17.0 Å². The van der Waals surface area contributed by atoms with Crippen molar-refractivity contribution in [3.8, 4) is 12.1 Å². The Balaban J connectivity index is 1.68. The van der Waals surface area contributed by atoms with E-state index >= 15 is 0 Å². The van der Waals surface area contributed by atoms with E-state index in [1.54, 1.807) is 0 Å².